The zero-order valence-corrected chi connectivity index (χ0v) is 9.26. The normalized spacial score (nSPS) is 14.5. The third kappa shape index (κ3) is 9.80. The molecule has 1 atom stereocenters. The van der Waals surface area contributed by atoms with Crippen LogP contribution in [0.1, 0.15) is 27.7 Å². The molecule has 0 aromatic heterocycles. The summed E-state index contributed by atoms with van der Waals surface area (Å²) in [6.45, 7) is 10.8. The molecule has 3 nitrogen and oxygen atoms in total. The molecule has 1 unspecified atom stereocenters. The lowest BCUT2D eigenvalue weighted by Gasteiger charge is -2.19. The Kier molecular flexibility index (Phi) is 6.29. The van der Waals surface area contributed by atoms with Gasteiger partial charge in [0.2, 0.25) is 0 Å². The van der Waals surface area contributed by atoms with E-state index in [2.05, 4.69) is 5.32 Å². The molecule has 0 aliphatic carbocycles. The molecule has 0 spiro atoms. The van der Waals surface area contributed by atoms with E-state index in [1.54, 1.807) is 0 Å². The van der Waals surface area contributed by atoms with Crippen LogP contribution in [0.15, 0.2) is 0 Å². The minimum absolute atomic E-state index is 0.0513. The van der Waals surface area contributed by atoms with E-state index in [1.165, 1.54) is 0 Å². The van der Waals surface area contributed by atoms with Gasteiger partial charge in [-0.1, -0.05) is 6.92 Å². The highest BCUT2D eigenvalue weighted by Gasteiger charge is 2.08. The number of hydrogen-bond donors (Lipinski definition) is 2. The van der Waals surface area contributed by atoms with Crippen LogP contribution in [-0.2, 0) is 4.74 Å². The quantitative estimate of drug-likeness (QED) is 0.613. The van der Waals surface area contributed by atoms with E-state index in [0.29, 0.717) is 5.92 Å². The summed E-state index contributed by atoms with van der Waals surface area (Å²) in [5.74, 6) is 0.328. The Labute approximate surface area is 81.5 Å². The first-order chi connectivity index (χ1) is 5.95. The molecule has 0 fully saturated rings. The van der Waals surface area contributed by atoms with Crippen molar-refractivity contribution >= 4 is 0 Å². The van der Waals surface area contributed by atoms with E-state index in [9.17, 15) is 0 Å². The highest BCUT2D eigenvalue weighted by atomic mass is 16.5. The number of hydrogen-bond acceptors (Lipinski definition) is 3. The van der Waals surface area contributed by atoms with Gasteiger partial charge in [0.25, 0.3) is 0 Å². The van der Waals surface area contributed by atoms with Gasteiger partial charge in [0.05, 0.1) is 12.2 Å². The lowest BCUT2D eigenvalue weighted by atomic mass is 10.2. The molecule has 0 aliphatic heterocycles. The molecular formula is C10H23NO2. The van der Waals surface area contributed by atoms with Gasteiger partial charge in [-0.15, -0.1) is 0 Å². The number of aliphatic hydroxyl groups excluding tert-OH is 1. The van der Waals surface area contributed by atoms with Gasteiger partial charge >= 0.3 is 0 Å². The van der Waals surface area contributed by atoms with Crippen molar-refractivity contribution in [3.8, 4) is 0 Å². The van der Waals surface area contributed by atoms with Gasteiger partial charge in [-0.25, -0.2) is 0 Å². The van der Waals surface area contributed by atoms with Gasteiger partial charge in [-0.05, 0) is 33.2 Å². The Hall–Kier alpha value is -0.120. The van der Waals surface area contributed by atoms with E-state index in [4.69, 9.17) is 9.84 Å². The van der Waals surface area contributed by atoms with Crippen LogP contribution in [0, 0.1) is 5.92 Å². The highest BCUT2D eigenvalue weighted by molar-refractivity contribution is 4.60. The van der Waals surface area contributed by atoms with Crippen molar-refractivity contribution in [3.05, 3.63) is 0 Å². The van der Waals surface area contributed by atoms with Crippen LogP contribution in [0.5, 0.6) is 0 Å². The van der Waals surface area contributed by atoms with Crippen molar-refractivity contribution in [2.75, 3.05) is 26.3 Å². The second-order valence-electron chi connectivity index (χ2n) is 4.45. The summed E-state index contributed by atoms with van der Waals surface area (Å²) in [5, 5.41) is 12.0. The molecule has 0 rings (SSSR count). The first-order valence-electron chi connectivity index (χ1n) is 4.91. The summed E-state index contributed by atoms with van der Waals surface area (Å²) in [6, 6.07) is 0. The van der Waals surface area contributed by atoms with E-state index in [-0.39, 0.29) is 12.2 Å². The lowest BCUT2D eigenvalue weighted by Crippen LogP contribution is -2.29. The molecule has 3 heteroatoms. The van der Waals surface area contributed by atoms with E-state index < -0.39 is 0 Å². The van der Waals surface area contributed by atoms with Gasteiger partial charge in [-0.2, -0.15) is 0 Å². The summed E-state index contributed by atoms with van der Waals surface area (Å²) in [4.78, 5) is 0. The van der Waals surface area contributed by atoms with Crippen LogP contribution in [0.2, 0.25) is 0 Å². The standard InChI is InChI=1S/C10H23NO2/c1-9(8-12)7-11-5-6-13-10(2,3)4/h9,11-12H,5-8H2,1-4H3. The zero-order valence-electron chi connectivity index (χ0n) is 9.26. The van der Waals surface area contributed by atoms with Crippen molar-refractivity contribution < 1.29 is 9.84 Å². The minimum Gasteiger partial charge on any atom is -0.396 e. The fraction of sp³-hybridized carbons (Fsp3) is 1.00. The molecular weight excluding hydrogens is 166 g/mol. The fourth-order valence-corrected chi connectivity index (χ4v) is 0.842. The van der Waals surface area contributed by atoms with E-state index >= 15 is 0 Å². The molecule has 0 saturated heterocycles. The van der Waals surface area contributed by atoms with E-state index in [1.807, 2.05) is 27.7 Å². The first kappa shape index (κ1) is 12.9. The Morgan fingerprint density at radius 2 is 2.00 bits per heavy atom. The third-order valence-corrected chi connectivity index (χ3v) is 1.62. The van der Waals surface area contributed by atoms with Gasteiger partial charge in [0.15, 0.2) is 0 Å². The Morgan fingerprint density at radius 3 is 2.46 bits per heavy atom. The second-order valence-corrected chi connectivity index (χ2v) is 4.45. The molecule has 0 aliphatic rings. The average molecular weight is 189 g/mol. The minimum atomic E-state index is -0.0513. The maximum absolute atomic E-state index is 8.75. The van der Waals surface area contributed by atoms with Crippen LogP contribution in [-0.4, -0.2) is 37.0 Å². The largest absolute Gasteiger partial charge is 0.396 e. The van der Waals surface area contributed by atoms with E-state index in [0.717, 1.165) is 19.7 Å². The Balaban J connectivity index is 3.18. The summed E-state index contributed by atoms with van der Waals surface area (Å²) >= 11 is 0. The topological polar surface area (TPSA) is 41.5 Å². The van der Waals surface area contributed by atoms with Crippen molar-refractivity contribution in [1.29, 1.82) is 0 Å². The van der Waals surface area contributed by atoms with Crippen LogP contribution in [0.4, 0.5) is 0 Å². The molecule has 2 N–H and O–H groups in total. The Morgan fingerprint density at radius 1 is 1.38 bits per heavy atom. The van der Waals surface area contributed by atoms with Crippen molar-refractivity contribution in [2.45, 2.75) is 33.3 Å². The fourth-order valence-electron chi connectivity index (χ4n) is 0.842. The number of rotatable bonds is 6. The summed E-state index contributed by atoms with van der Waals surface area (Å²) in [7, 11) is 0. The van der Waals surface area contributed by atoms with Crippen molar-refractivity contribution in [1.82, 2.24) is 5.32 Å². The maximum atomic E-state index is 8.75. The lowest BCUT2D eigenvalue weighted by molar-refractivity contribution is -0.00112. The van der Waals surface area contributed by atoms with Crippen molar-refractivity contribution in [2.24, 2.45) is 5.92 Å². The van der Waals surface area contributed by atoms with Gasteiger partial charge in [0, 0.05) is 13.2 Å². The highest BCUT2D eigenvalue weighted by Crippen LogP contribution is 2.04. The number of aliphatic hydroxyl groups is 1. The summed E-state index contributed by atoms with van der Waals surface area (Å²) < 4.78 is 5.52. The SMILES string of the molecule is CC(CO)CNCCOC(C)(C)C. The molecule has 0 heterocycles. The summed E-state index contributed by atoms with van der Waals surface area (Å²) in [5.41, 5.74) is -0.0513. The summed E-state index contributed by atoms with van der Waals surface area (Å²) in [6.07, 6.45) is 0. The van der Waals surface area contributed by atoms with Gasteiger partial charge < -0.3 is 15.2 Å². The molecule has 13 heavy (non-hydrogen) atoms. The Bertz CT molecular complexity index is 121. The van der Waals surface area contributed by atoms with Crippen LogP contribution < -0.4 is 5.32 Å². The molecule has 0 aromatic rings. The molecule has 0 bridgehead atoms. The predicted molar refractivity (Wildman–Crippen MR) is 54.8 cm³/mol. The smallest absolute Gasteiger partial charge is 0.0599 e. The molecule has 80 valence electrons. The first-order valence-corrected chi connectivity index (χ1v) is 4.91. The number of nitrogens with one attached hydrogen (secondary N) is 1. The maximum Gasteiger partial charge on any atom is 0.0599 e. The van der Waals surface area contributed by atoms with Gasteiger partial charge in [-0.3, -0.25) is 0 Å². The predicted octanol–water partition coefficient (Wildman–Crippen LogP) is 1.02. The zero-order chi connectivity index (χ0) is 10.3. The third-order valence-electron chi connectivity index (χ3n) is 1.62. The average Bonchev–Trinajstić information content (AvgIpc) is 2.01. The van der Waals surface area contributed by atoms with Crippen molar-refractivity contribution in [3.63, 3.8) is 0 Å². The number of ether oxygens (including phenoxy) is 1. The molecule has 0 amide bonds. The van der Waals surface area contributed by atoms with Gasteiger partial charge in [0.1, 0.15) is 0 Å². The molecule has 0 radical (unpaired) electrons. The monoisotopic (exact) mass is 189 g/mol. The molecule has 0 saturated carbocycles. The van der Waals surface area contributed by atoms with Crippen LogP contribution >= 0.6 is 0 Å². The molecule has 0 aromatic carbocycles. The van der Waals surface area contributed by atoms with Crippen LogP contribution in [0.25, 0.3) is 0 Å². The van der Waals surface area contributed by atoms with Crippen LogP contribution in [0.3, 0.4) is 0 Å². The second kappa shape index (κ2) is 6.35.